The van der Waals surface area contributed by atoms with Crippen LogP contribution in [0.4, 0.5) is 0 Å². The first-order chi connectivity index (χ1) is 8.59. The lowest BCUT2D eigenvalue weighted by Gasteiger charge is -2.15. The van der Waals surface area contributed by atoms with Gasteiger partial charge in [0.05, 0.1) is 5.69 Å². The van der Waals surface area contributed by atoms with E-state index in [-0.39, 0.29) is 0 Å². The molecule has 0 saturated heterocycles. The van der Waals surface area contributed by atoms with Crippen molar-refractivity contribution >= 4 is 5.91 Å². The number of amides is 1. The number of para-hydroxylation sites is 1. The van der Waals surface area contributed by atoms with Crippen molar-refractivity contribution in [3.63, 3.8) is 0 Å². The molecule has 0 aliphatic heterocycles. The fourth-order valence-corrected chi connectivity index (χ4v) is 1.67. The maximum atomic E-state index is 11.0. The molecule has 18 heavy (non-hydrogen) atoms. The highest BCUT2D eigenvalue weighted by Crippen LogP contribution is 2.29. The number of rotatable bonds is 4. The summed E-state index contributed by atoms with van der Waals surface area (Å²) in [5.41, 5.74) is 7.00. The van der Waals surface area contributed by atoms with E-state index in [2.05, 4.69) is 5.10 Å². The van der Waals surface area contributed by atoms with Crippen molar-refractivity contribution in [1.82, 2.24) is 9.78 Å². The molecule has 2 aromatic rings. The second kappa shape index (κ2) is 4.91. The zero-order chi connectivity index (χ0) is 13.1. The van der Waals surface area contributed by atoms with Crippen LogP contribution < -0.4 is 10.5 Å². The van der Waals surface area contributed by atoms with E-state index in [1.54, 1.807) is 17.8 Å². The molecule has 5 heteroatoms. The van der Waals surface area contributed by atoms with E-state index >= 15 is 0 Å². The molecule has 0 radical (unpaired) electrons. The summed E-state index contributed by atoms with van der Waals surface area (Å²) in [6, 6.07) is 9.37. The van der Waals surface area contributed by atoms with E-state index in [9.17, 15) is 4.79 Å². The van der Waals surface area contributed by atoms with Crippen LogP contribution >= 0.6 is 0 Å². The van der Waals surface area contributed by atoms with Gasteiger partial charge in [-0.3, -0.25) is 9.48 Å². The maximum Gasteiger partial charge on any atom is 0.258 e. The fraction of sp³-hybridized carbons (Fsp3) is 0.231. The Morgan fingerprint density at radius 3 is 2.72 bits per heavy atom. The minimum Gasteiger partial charge on any atom is -0.480 e. The van der Waals surface area contributed by atoms with Gasteiger partial charge in [-0.15, -0.1) is 0 Å². The predicted molar refractivity (Wildman–Crippen MR) is 67.9 cm³/mol. The van der Waals surface area contributed by atoms with Crippen molar-refractivity contribution < 1.29 is 9.53 Å². The van der Waals surface area contributed by atoms with Gasteiger partial charge in [0.1, 0.15) is 5.75 Å². The highest BCUT2D eigenvalue weighted by molar-refractivity contribution is 5.79. The van der Waals surface area contributed by atoms with Gasteiger partial charge in [-0.05, 0) is 25.1 Å². The second-order valence-corrected chi connectivity index (χ2v) is 4.00. The first-order valence-electron chi connectivity index (χ1n) is 5.63. The number of aryl methyl sites for hydroxylation is 1. The molecule has 1 amide bonds. The van der Waals surface area contributed by atoms with E-state index in [4.69, 9.17) is 10.5 Å². The Labute approximate surface area is 105 Å². The Morgan fingerprint density at radius 1 is 1.39 bits per heavy atom. The molecule has 2 N–H and O–H groups in total. The summed E-state index contributed by atoms with van der Waals surface area (Å²) in [5, 5.41) is 4.12. The first kappa shape index (κ1) is 12.2. The molecule has 5 nitrogen and oxygen atoms in total. The van der Waals surface area contributed by atoms with Gasteiger partial charge in [0, 0.05) is 18.8 Å². The zero-order valence-corrected chi connectivity index (χ0v) is 10.3. The molecular formula is C13H15N3O2. The van der Waals surface area contributed by atoms with E-state index < -0.39 is 12.0 Å². The Hall–Kier alpha value is -2.30. The summed E-state index contributed by atoms with van der Waals surface area (Å²) >= 11 is 0. The van der Waals surface area contributed by atoms with Gasteiger partial charge in [0.15, 0.2) is 6.10 Å². The molecule has 1 atom stereocenters. The molecule has 2 rings (SSSR count). The zero-order valence-electron chi connectivity index (χ0n) is 10.3. The molecule has 0 unspecified atom stereocenters. The van der Waals surface area contributed by atoms with Gasteiger partial charge in [-0.25, -0.2) is 0 Å². The van der Waals surface area contributed by atoms with Crippen LogP contribution in [-0.2, 0) is 11.8 Å². The van der Waals surface area contributed by atoms with Crippen LogP contribution in [0.3, 0.4) is 0 Å². The van der Waals surface area contributed by atoms with Crippen LogP contribution in [0.2, 0.25) is 0 Å². The van der Waals surface area contributed by atoms with E-state index in [1.807, 2.05) is 37.4 Å². The summed E-state index contributed by atoms with van der Waals surface area (Å²) in [7, 11) is 1.85. The largest absolute Gasteiger partial charge is 0.480 e. The third kappa shape index (κ3) is 2.34. The summed E-state index contributed by atoms with van der Waals surface area (Å²) in [4.78, 5) is 11.0. The average Bonchev–Trinajstić information content (AvgIpc) is 2.76. The number of nitrogens with zero attached hydrogens (tertiary/aromatic N) is 2. The van der Waals surface area contributed by atoms with Crippen molar-refractivity contribution in [1.29, 1.82) is 0 Å². The molecule has 1 aromatic heterocycles. The molecule has 0 bridgehead atoms. The normalized spacial score (nSPS) is 12.1. The smallest absolute Gasteiger partial charge is 0.258 e. The van der Waals surface area contributed by atoms with E-state index in [0.717, 1.165) is 11.3 Å². The molecule has 94 valence electrons. The van der Waals surface area contributed by atoms with Crippen molar-refractivity contribution in [3.8, 4) is 17.0 Å². The lowest BCUT2D eigenvalue weighted by atomic mass is 10.1. The van der Waals surface area contributed by atoms with E-state index in [0.29, 0.717) is 5.75 Å². The highest BCUT2D eigenvalue weighted by Gasteiger charge is 2.14. The Balaban J connectivity index is 2.38. The van der Waals surface area contributed by atoms with Crippen LogP contribution in [0.1, 0.15) is 6.92 Å². The number of hydrogen-bond donors (Lipinski definition) is 1. The van der Waals surface area contributed by atoms with Gasteiger partial charge >= 0.3 is 0 Å². The number of nitrogens with two attached hydrogens (primary N) is 1. The highest BCUT2D eigenvalue weighted by atomic mass is 16.5. The summed E-state index contributed by atoms with van der Waals surface area (Å²) in [5.74, 6) is 0.127. The van der Waals surface area contributed by atoms with Crippen LogP contribution in [0.5, 0.6) is 5.75 Å². The van der Waals surface area contributed by atoms with Gasteiger partial charge in [0.25, 0.3) is 5.91 Å². The van der Waals surface area contributed by atoms with Crippen LogP contribution in [0.15, 0.2) is 36.5 Å². The molecule has 0 fully saturated rings. The molecule has 1 heterocycles. The molecule has 0 aliphatic carbocycles. The number of primary amides is 1. The Morgan fingerprint density at radius 2 is 2.11 bits per heavy atom. The van der Waals surface area contributed by atoms with Gasteiger partial charge in [-0.1, -0.05) is 12.1 Å². The van der Waals surface area contributed by atoms with Crippen LogP contribution in [0, 0.1) is 0 Å². The summed E-state index contributed by atoms with van der Waals surface area (Å²) in [6.45, 7) is 1.63. The van der Waals surface area contributed by atoms with Crippen molar-refractivity contribution in [2.24, 2.45) is 12.8 Å². The molecule has 0 saturated carbocycles. The first-order valence-corrected chi connectivity index (χ1v) is 5.63. The number of carbonyl (C=O) groups excluding carboxylic acids is 1. The lowest BCUT2D eigenvalue weighted by molar-refractivity contribution is -0.123. The van der Waals surface area contributed by atoms with Crippen molar-refractivity contribution in [2.45, 2.75) is 13.0 Å². The number of aromatic nitrogens is 2. The molecule has 0 aliphatic rings. The lowest BCUT2D eigenvalue weighted by Crippen LogP contribution is -2.30. The standard InChI is InChI=1S/C13H15N3O2/c1-9(13(14)17)18-12-6-4-3-5-10(12)11-7-8-15-16(11)2/h3-9H,1-2H3,(H2,14,17)/t9-/m1/s1. The third-order valence-electron chi connectivity index (χ3n) is 2.69. The quantitative estimate of drug-likeness (QED) is 0.883. The monoisotopic (exact) mass is 245 g/mol. The number of hydrogen-bond acceptors (Lipinski definition) is 3. The number of ether oxygens (including phenoxy) is 1. The summed E-state index contributed by atoms with van der Waals surface area (Å²) < 4.78 is 7.32. The average molecular weight is 245 g/mol. The van der Waals surface area contributed by atoms with Gasteiger partial charge < -0.3 is 10.5 Å². The third-order valence-corrected chi connectivity index (χ3v) is 2.69. The molecular weight excluding hydrogens is 230 g/mol. The predicted octanol–water partition coefficient (Wildman–Crippen LogP) is 1.34. The fourth-order valence-electron chi connectivity index (χ4n) is 1.67. The minimum absolute atomic E-state index is 0.491. The van der Waals surface area contributed by atoms with Crippen molar-refractivity contribution in [3.05, 3.63) is 36.5 Å². The number of carbonyl (C=O) groups is 1. The SMILES string of the molecule is C[C@@H](Oc1ccccc1-c1ccnn1C)C(N)=O. The van der Waals surface area contributed by atoms with Crippen molar-refractivity contribution in [2.75, 3.05) is 0 Å². The minimum atomic E-state index is -0.667. The van der Waals surface area contributed by atoms with Gasteiger partial charge in [0.2, 0.25) is 0 Å². The summed E-state index contributed by atoms with van der Waals surface area (Å²) in [6.07, 6.45) is 1.04. The Bertz CT molecular complexity index is 563. The molecule has 1 aromatic carbocycles. The van der Waals surface area contributed by atoms with Crippen LogP contribution in [0.25, 0.3) is 11.3 Å². The van der Waals surface area contributed by atoms with Gasteiger partial charge in [-0.2, -0.15) is 5.10 Å². The number of benzene rings is 1. The molecule has 0 spiro atoms. The van der Waals surface area contributed by atoms with Crippen LogP contribution in [-0.4, -0.2) is 21.8 Å². The van der Waals surface area contributed by atoms with E-state index in [1.165, 1.54) is 0 Å². The maximum absolute atomic E-state index is 11.0. The topological polar surface area (TPSA) is 70.1 Å². The Kier molecular flexibility index (Phi) is 3.32. The second-order valence-electron chi connectivity index (χ2n) is 4.00.